The van der Waals surface area contributed by atoms with E-state index in [0.29, 0.717) is 44.1 Å². The number of rotatable bonds is 6. The number of carbonyl (C=O) groups excluding carboxylic acids is 2. The molecular formula is C24H29N3O3. The van der Waals surface area contributed by atoms with Gasteiger partial charge in [0.25, 0.3) is 5.91 Å². The molecule has 6 nitrogen and oxygen atoms in total. The standard InChI is InChI=1S/C24H29N3O3/c28-23(16-20-6-3-11-25-17-20)26-12-14-27(15-13-26)24(29)21-7-9-22(10-8-21)30-18-19-4-1-2-5-19/h3,6-11,17,19H,1-2,4-5,12-16,18H2. The fourth-order valence-electron chi connectivity index (χ4n) is 4.22. The molecule has 2 aliphatic rings. The summed E-state index contributed by atoms with van der Waals surface area (Å²) in [6, 6.07) is 11.2. The van der Waals surface area contributed by atoms with Crippen LogP contribution in [-0.4, -0.2) is 59.4 Å². The zero-order chi connectivity index (χ0) is 20.8. The van der Waals surface area contributed by atoms with Crippen LogP contribution in [0.3, 0.4) is 0 Å². The molecule has 6 heteroatoms. The predicted octanol–water partition coefficient (Wildman–Crippen LogP) is 3.18. The lowest BCUT2D eigenvalue weighted by Gasteiger charge is -2.35. The molecule has 1 saturated heterocycles. The average Bonchev–Trinajstić information content (AvgIpc) is 3.32. The fraction of sp³-hybridized carbons (Fsp3) is 0.458. The zero-order valence-corrected chi connectivity index (χ0v) is 17.3. The van der Waals surface area contributed by atoms with Crippen molar-refractivity contribution >= 4 is 11.8 Å². The van der Waals surface area contributed by atoms with Crippen molar-refractivity contribution in [3.8, 4) is 5.75 Å². The Labute approximate surface area is 177 Å². The van der Waals surface area contributed by atoms with Crippen LogP contribution in [0.25, 0.3) is 0 Å². The van der Waals surface area contributed by atoms with Gasteiger partial charge in [-0.15, -0.1) is 0 Å². The SMILES string of the molecule is O=C(Cc1cccnc1)N1CCN(C(=O)c2ccc(OCC3CCCC3)cc2)CC1. The third-order valence-electron chi connectivity index (χ3n) is 6.06. The largest absolute Gasteiger partial charge is 0.493 e. The van der Waals surface area contributed by atoms with Gasteiger partial charge in [0.1, 0.15) is 5.75 Å². The van der Waals surface area contributed by atoms with Gasteiger partial charge in [0.15, 0.2) is 0 Å². The second-order valence-corrected chi connectivity index (χ2v) is 8.20. The van der Waals surface area contributed by atoms with Crippen LogP contribution in [0.5, 0.6) is 5.75 Å². The fourth-order valence-corrected chi connectivity index (χ4v) is 4.22. The highest BCUT2D eigenvalue weighted by molar-refractivity contribution is 5.94. The van der Waals surface area contributed by atoms with Crippen molar-refractivity contribution in [2.75, 3.05) is 32.8 Å². The monoisotopic (exact) mass is 407 g/mol. The summed E-state index contributed by atoms with van der Waals surface area (Å²) in [5.41, 5.74) is 1.58. The Morgan fingerprint density at radius 1 is 0.967 bits per heavy atom. The maximum atomic E-state index is 12.8. The summed E-state index contributed by atoms with van der Waals surface area (Å²) in [7, 11) is 0. The molecule has 30 heavy (non-hydrogen) atoms. The summed E-state index contributed by atoms with van der Waals surface area (Å²) in [5, 5.41) is 0. The highest BCUT2D eigenvalue weighted by Crippen LogP contribution is 2.25. The van der Waals surface area contributed by atoms with Crippen molar-refractivity contribution in [2.45, 2.75) is 32.1 Å². The third-order valence-corrected chi connectivity index (χ3v) is 6.06. The Morgan fingerprint density at radius 2 is 1.67 bits per heavy atom. The second-order valence-electron chi connectivity index (χ2n) is 8.20. The van der Waals surface area contributed by atoms with Crippen LogP contribution in [0.15, 0.2) is 48.8 Å². The molecule has 0 radical (unpaired) electrons. The molecule has 0 unspecified atom stereocenters. The van der Waals surface area contributed by atoms with E-state index in [1.54, 1.807) is 12.4 Å². The van der Waals surface area contributed by atoms with E-state index in [2.05, 4.69) is 4.98 Å². The minimum atomic E-state index is 0.0108. The van der Waals surface area contributed by atoms with Gasteiger partial charge in [0, 0.05) is 44.1 Å². The molecule has 0 N–H and O–H groups in total. The number of amides is 2. The molecular weight excluding hydrogens is 378 g/mol. The van der Waals surface area contributed by atoms with Crippen LogP contribution >= 0.6 is 0 Å². The van der Waals surface area contributed by atoms with Crippen LogP contribution in [-0.2, 0) is 11.2 Å². The van der Waals surface area contributed by atoms with E-state index in [9.17, 15) is 9.59 Å². The lowest BCUT2D eigenvalue weighted by Crippen LogP contribution is -2.51. The Morgan fingerprint density at radius 3 is 2.33 bits per heavy atom. The molecule has 2 amide bonds. The number of pyridine rings is 1. The molecule has 1 aliphatic carbocycles. The average molecular weight is 408 g/mol. The van der Waals surface area contributed by atoms with E-state index in [1.165, 1.54) is 25.7 Å². The molecule has 1 aromatic heterocycles. The number of aromatic nitrogens is 1. The summed E-state index contributed by atoms with van der Waals surface area (Å²) in [5.74, 6) is 1.59. The molecule has 2 heterocycles. The highest BCUT2D eigenvalue weighted by Gasteiger charge is 2.25. The molecule has 158 valence electrons. The molecule has 0 spiro atoms. The number of nitrogens with zero attached hydrogens (tertiary/aromatic N) is 3. The minimum absolute atomic E-state index is 0.0108. The minimum Gasteiger partial charge on any atom is -0.493 e. The maximum Gasteiger partial charge on any atom is 0.253 e. The normalized spacial score (nSPS) is 17.2. The smallest absolute Gasteiger partial charge is 0.253 e. The second kappa shape index (κ2) is 9.74. The Balaban J connectivity index is 1.25. The number of carbonyl (C=O) groups is 2. The lowest BCUT2D eigenvalue weighted by atomic mass is 10.1. The Kier molecular flexibility index (Phi) is 6.62. The summed E-state index contributed by atoms with van der Waals surface area (Å²) in [4.78, 5) is 33.0. The van der Waals surface area contributed by atoms with Crippen LogP contribution in [0.2, 0.25) is 0 Å². The zero-order valence-electron chi connectivity index (χ0n) is 17.3. The molecule has 1 saturated carbocycles. The Hall–Kier alpha value is -2.89. The highest BCUT2D eigenvalue weighted by atomic mass is 16.5. The van der Waals surface area contributed by atoms with Gasteiger partial charge in [-0.1, -0.05) is 18.9 Å². The van der Waals surface area contributed by atoms with Gasteiger partial charge >= 0.3 is 0 Å². The molecule has 0 bridgehead atoms. The van der Waals surface area contributed by atoms with E-state index in [4.69, 9.17) is 4.74 Å². The molecule has 2 fully saturated rings. The van der Waals surface area contributed by atoms with E-state index >= 15 is 0 Å². The first-order valence-corrected chi connectivity index (χ1v) is 10.9. The van der Waals surface area contributed by atoms with E-state index in [1.807, 2.05) is 46.2 Å². The van der Waals surface area contributed by atoms with Gasteiger partial charge < -0.3 is 14.5 Å². The number of hydrogen-bond donors (Lipinski definition) is 0. The molecule has 1 aromatic carbocycles. The van der Waals surface area contributed by atoms with Crippen LogP contribution in [0.4, 0.5) is 0 Å². The predicted molar refractivity (Wildman–Crippen MR) is 114 cm³/mol. The van der Waals surface area contributed by atoms with Crippen molar-refractivity contribution in [3.05, 3.63) is 59.9 Å². The van der Waals surface area contributed by atoms with Gasteiger partial charge in [0.2, 0.25) is 5.91 Å². The number of benzene rings is 1. The van der Waals surface area contributed by atoms with Gasteiger partial charge in [0.05, 0.1) is 13.0 Å². The summed E-state index contributed by atoms with van der Waals surface area (Å²) >= 11 is 0. The van der Waals surface area contributed by atoms with Crippen molar-refractivity contribution in [1.29, 1.82) is 0 Å². The lowest BCUT2D eigenvalue weighted by molar-refractivity contribution is -0.131. The van der Waals surface area contributed by atoms with Crippen molar-refractivity contribution in [1.82, 2.24) is 14.8 Å². The first-order chi connectivity index (χ1) is 14.7. The quantitative estimate of drug-likeness (QED) is 0.738. The van der Waals surface area contributed by atoms with Gasteiger partial charge in [-0.05, 0) is 54.7 Å². The van der Waals surface area contributed by atoms with Crippen molar-refractivity contribution < 1.29 is 14.3 Å². The van der Waals surface area contributed by atoms with Gasteiger partial charge in [-0.25, -0.2) is 0 Å². The van der Waals surface area contributed by atoms with Crippen molar-refractivity contribution in [2.24, 2.45) is 5.92 Å². The number of hydrogen-bond acceptors (Lipinski definition) is 4. The molecule has 0 atom stereocenters. The van der Waals surface area contributed by atoms with E-state index < -0.39 is 0 Å². The first kappa shape index (κ1) is 20.4. The van der Waals surface area contributed by atoms with Crippen LogP contribution < -0.4 is 4.74 Å². The van der Waals surface area contributed by atoms with Gasteiger partial charge in [-0.3, -0.25) is 14.6 Å². The first-order valence-electron chi connectivity index (χ1n) is 10.9. The van der Waals surface area contributed by atoms with Crippen molar-refractivity contribution in [3.63, 3.8) is 0 Å². The molecule has 1 aliphatic heterocycles. The topological polar surface area (TPSA) is 62.7 Å². The Bertz CT molecular complexity index is 840. The van der Waals surface area contributed by atoms with E-state index in [0.717, 1.165) is 17.9 Å². The van der Waals surface area contributed by atoms with Gasteiger partial charge in [-0.2, -0.15) is 0 Å². The summed E-state index contributed by atoms with van der Waals surface area (Å²) < 4.78 is 5.89. The number of piperazine rings is 1. The summed E-state index contributed by atoms with van der Waals surface area (Å²) in [6.07, 6.45) is 8.91. The molecule has 2 aromatic rings. The van der Waals surface area contributed by atoms with E-state index in [-0.39, 0.29) is 11.8 Å². The number of ether oxygens (including phenoxy) is 1. The third kappa shape index (κ3) is 5.17. The maximum absolute atomic E-state index is 12.8. The van der Waals surface area contributed by atoms with Crippen LogP contribution in [0.1, 0.15) is 41.6 Å². The van der Waals surface area contributed by atoms with Crippen LogP contribution in [0, 0.1) is 5.92 Å². The molecule has 4 rings (SSSR count). The summed E-state index contributed by atoms with van der Waals surface area (Å²) in [6.45, 7) is 3.00.